The number of unbranched alkanes of at least 4 members (excludes halogenated alkanes) is 1. The molecule has 0 aromatic heterocycles. The van der Waals surface area contributed by atoms with Crippen molar-refractivity contribution in [2.24, 2.45) is 5.92 Å². The van der Waals surface area contributed by atoms with Crippen molar-refractivity contribution in [3.05, 3.63) is 11.6 Å². The summed E-state index contributed by atoms with van der Waals surface area (Å²) >= 11 is 0. The van der Waals surface area contributed by atoms with Crippen LogP contribution in [0.2, 0.25) is 0 Å². The van der Waals surface area contributed by atoms with Gasteiger partial charge in [-0.15, -0.1) is 0 Å². The molecule has 0 rings (SSSR count). The third-order valence-corrected chi connectivity index (χ3v) is 1.98. The van der Waals surface area contributed by atoms with Crippen LogP contribution in [0, 0.1) is 5.92 Å². The molecule has 0 aliphatic rings. The van der Waals surface area contributed by atoms with Crippen LogP contribution in [0.4, 0.5) is 0 Å². The lowest BCUT2D eigenvalue weighted by molar-refractivity contribution is 0.511. The fourth-order valence-electron chi connectivity index (χ4n) is 1.11. The average Bonchev–Trinajstić information content (AvgIpc) is 1.97. The monoisotopic (exact) mass is 154 g/mol. The molecule has 1 unspecified atom stereocenters. The molecule has 0 N–H and O–H groups in total. The second kappa shape index (κ2) is 6.45. The highest BCUT2D eigenvalue weighted by Crippen LogP contribution is 2.13. The number of rotatable bonds is 5. The third-order valence-electron chi connectivity index (χ3n) is 1.98. The van der Waals surface area contributed by atoms with Gasteiger partial charge in [0, 0.05) is 0 Å². The van der Waals surface area contributed by atoms with Crippen LogP contribution >= 0.6 is 0 Å². The largest absolute Gasteiger partial charge is 0.0856 e. The van der Waals surface area contributed by atoms with Gasteiger partial charge in [-0.2, -0.15) is 0 Å². The lowest BCUT2D eigenvalue weighted by atomic mass is 10.00. The maximum atomic E-state index is 2.35. The lowest BCUT2D eigenvalue weighted by Crippen LogP contribution is -1.91. The van der Waals surface area contributed by atoms with E-state index in [1.54, 1.807) is 0 Å². The Morgan fingerprint density at radius 3 is 2.45 bits per heavy atom. The smallest absolute Gasteiger partial charge is 0.0322 e. The van der Waals surface area contributed by atoms with Crippen LogP contribution in [0.5, 0.6) is 0 Å². The van der Waals surface area contributed by atoms with Crippen molar-refractivity contribution in [2.75, 3.05) is 0 Å². The zero-order valence-corrected chi connectivity index (χ0v) is 8.48. The summed E-state index contributed by atoms with van der Waals surface area (Å²) in [6.45, 7) is 8.95. The zero-order chi connectivity index (χ0) is 8.69. The van der Waals surface area contributed by atoms with Gasteiger partial charge < -0.3 is 0 Å². The molecule has 0 fully saturated rings. The van der Waals surface area contributed by atoms with E-state index in [9.17, 15) is 0 Å². The summed E-state index contributed by atoms with van der Waals surface area (Å²) in [6.07, 6.45) is 7.72. The SMILES string of the molecule is CCCCC(C)CC=C(C)C. The van der Waals surface area contributed by atoms with Gasteiger partial charge in [0.05, 0.1) is 0 Å². The molecule has 0 radical (unpaired) electrons. The molecule has 0 heterocycles. The Hall–Kier alpha value is -0.260. The summed E-state index contributed by atoms with van der Waals surface area (Å²) in [5.41, 5.74) is 1.45. The van der Waals surface area contributed by atoms with Crippen LogP contribution in [0.15, 0.2) is 11.6 Å². The van der Waals surface area contributed by atoms with Crippen molar-refractivity contribution in [1.82, 2.24) is 0 Å². The van der Waals surface area contributed by atoms with E-state index in [0.29, 0.717) is 0 Å². The van der Waals surface area contributed by atoms with Gasteiger partial charge in [0.25, 0.3) is 0 Å². The van der Waals surface area contributed by atoms with E-state index >= 15 is 0 Å². The van der Waals surface area contributed by atoms with Crippen molar-refractivity contribution in [3.8, 4) is 0 Å². The lowest BCUT2D eigenvalue weighted by Gasteiger charge is -2.06. The average molecular weight is 154 g/mol. The summed E-state index contributed by atoms with van der Waals surface area (Å²) in [5, 5.41) is 0. The molecule has 0 heteroatoms. The van der Waals surface area contributed by atoms with Crippen molar-refractivity contribution in [3.63, 3.8) is 0 Å². The van der Waals surface area contributed by atoms with Gasteiger partial charge in [0.2, 0.25) is 0 Å². The Labute approximate surface area is 71.7 Å². The molecule has 0 aromatic rings. The molecule has 0 spiro atoms. The molecule has 0 nitrogen and oxygen atoms in total. The molecule has 66 valence electrons. The second-order valence-electron chi connectivity index (χ2n) is 3.76. The quantitative estimate of drug-likeness (QED) is 0.521. The minimum absolute atomic E-state index is 0.879. The summed E-state index contributed by atoms with van der Waals surface area (Å²) in [4.78, 5) is 0. The number of hydrogen-bond acceptors (Lipinski definition) is 0. The van der Waals surface area contributed by atoms with Crippen LogP contribution < -0.4 is 0 Å². The van der Waals surface area contributed by atoms with Crippen molar-refractivity contribution < 1.29 is 0 Å². The molecular formula is C11H22. The minimum atomic E-state index is 0.879. The Kier molecular flexibility index (Phi) is 6.30. The molecule has 0 saturated heterocycles. The van der Waals surface area contributed by atoms with Gasteiger partial charge in [-0.05, 0) is 26.2 Å². The topological polar surface area (TPSA) is 0 Å². The first kappa shape index (κ1) is 10.7. The molecule has 0 aliphatic carbocycles. The van der Waals surface area contributed by atoms with E-state index in [1.807, 2.05) is 0 Å². The normalized spacial score (nSPS) is 12.7. The second-order valence-corrected chi connectivity index (χ2v) is 3.76. The van der Waals surface area contributed by atoms with E-state index in [2.05, 4.69) is 33.8 Å². The molecule has 0 saturated carbocycles. The highest BCUT2D eigenvalue weighted by Gasteiger charge is 1.97. The van der Waals surface area contributed by atoms with E-state index < -0.39 is 0 Å². The summed E-state index contributed by atoms with van der Waals surface area (Å²) < 4.78 is 0. The molecule has 0 amide bonds. The van der Waals surface area contributed by atoms with Gasteiger partial charge in [0.15, 0.2) is 0 Å². The van der Waals surface area contributed by atoms with Gasteiger partial charge in [0.1, 0.15) is 0 Å². The van der Waals surface area contributed by atoms with E-state index in [4.69, 9.17) is 0 Å². The maximum Gasteiger partial charge on any atom is -0.0322 e. The standard InChI is InChI=1S/C11H22/c1-5-6-7-11(4)9-8-10(2)3/h8,11H,5-7,9H2,1-4H3. The van der Waals surface area contributed by atoms with Gasteiger partial charge in [-0.3, -0.25) is 0 Å². The zero-order valence-electron chi connectivity index (χ0n) is 8.48. The Balaban J connectivity index is 3.36. The fourth-order valence-corrected chi connectivity index (χ4v) is 1.11. The van der Waals surface area contributed by atoms with E-state index in [-0.39, 0.29) is 0 Å². The van der Waals surface area contributed by atoms with E-state index in [0.717, 1.165) is 5.92 Å². The first-order chi connectivity index (χ1) is 5.16. The molecular weight excluding hydrogens is 132 g/mol. The third kappa shape index (κ3) is 7.64. The van der Waals surface area contributed by atoms with Crippen LogP contribution in [0.3, 0.4) is 0 Å². The summed E-state index contributed by atoms with van der Waals surface area (Å²) in [6, 6.07) is 0. The van der Waals surface area contributed by atoms with Crippen molar-refractivity contribution in [1.29, 1.82) is 0 Å². The predicted octanol–water partition coefficient (Wildman–Crippen LogP) is 4.17. The first-order valence-electron chi connectivity index (χ1n) is 4.80. The van der Waals surface area contributed by atoms with Crippen LogP contribution in [-0.2, 0) is 0 Å². The minimum Gasteiger partial charge on any atom is -0.0856 e. The van der Waals surface area contributed by atoms with Crippen LogP contribution in [-0.4, -0.2) is 0 Å². The number of hydrogen-bond donors (Lipinski definition) is 0. The van der Waals surface area contributed by atoms with E-state index in [1.165, 1.54) is 31.3 Å². The molecule has 0 bridgehead atoms. The maximum absolute atomic E-state index is 2.35. The first-order valence-corrected chi connectivity index (χ1v) is 4.80. The van der Waals surface area contributed by atoms with Gasteiger partial charge >= 0.3 is 0 Å². The number of allylic oxidation sites excluding steroid dienone is 2. The highest BCUT2D eigenvalue weighted by atomic mass is 14.0. The van der Waals surface area contributed by atoms with Crippen molar-refractivity contribution in [2.45, 2.75) is 53.4 Å². The van der Waals surface area contributed by atoms with Gasteiger partial charge in [-0.1, -0.05) is 44.8 Å². The molecule has 0 aliphatic heterocycles. The van der Waals surface area contributed by atoms with Crippen LogP contribution in [0.25, 0.3) is 0 Å². The molecule has 1 atom stereocenters. The Morgan fingerprint density at radius 2 is 2.00 bits per heavy atom. The summed E-state index contributed by atoms with van der Waals surface area (Å²) in [5.74, 6) is 0.879. The Bertz CT molecular complexity index is 107. The summed E-state index contributed by atoms with van der Waals surface area (Å²) in [7, 11) is 0. The van der Waals surface area contributed by atoms with Crippen molar-refractivity contribution >= 4 is 0 Å². The molecule has 11 heavy (non-hydrogen) atoms. The van der Waals surface area contributed by atoms with Crippen LogP contribution in [0.1, 0.15) is 53.4 Å². The molecule has 0 aromatic carbocycles. The highest BCUT2D eigenvalue weighted by molar-refractivity contribution is 4.93. The Morgan fingerprint density at radius 1 is 1.36 bits per heavy atom. The predicted molar refractivity (Wildman–Crippen MR) is 52.7 cm³/mol. The van der Waals surface area contributed by atoms with Gasteiger partial charge in [-0.25, -0.2) is 0 Å². The fraction of sp³-hybridized carbons (Fsp3) is 0.818.